The fourth-order valence-electron chi connectivity index (χ4n) is 5.86. The molecule has 20 heteroatoms. The number of hydrogen-bond acceptors (Lipinski definition) is 13. The average molecular weight is 823 g/mol. The van der Waals surface area contributed by atoms with Crippen molar-refractivity contribution in [1.82, 2.24) is 0 Å². The first kappa shape index (κ1) is 40.3. The minimum atomic E-state index is -4.92. The molecular weight excluding hydrogens is 798 g/mol. The Balaban J connectivity index is 0.00000532. The predicted octanol–water partition coefficient (Wildman–Crippen LogP) is 5.88. The monoisotopic (exact) mass is 822 g/mol. The van der Waals surface area contributed by atoms with Crippen LogP contribution in [0, 0.1) is 0 Å². The Kier molecular flexibility index (Phi) is 11.0. The number of phenolic OH excluding ortho intramolecular Hbond substituents is 2. The molecule has 6 N–H and O–H groups in total. The van der Waals surface area contributed by atoms with Gasteiger partial charge in [0.2, 0.25) is 0 Å². The summed E-state index contributed by atoms with van der Waals surface area (Å²) in [5.74, 6) is -1.24. The zero-order valence-electron chi connectivity index (χ0n) is 28.7. The third-order valence-corrected chi connectivity index (χ3v) is 10.9. The van der Waals surface area contributed by atoms with E-state index in [-0.39, 0.29) is 68.2 Å². The number of nitrogens with one attached hydrogen (secondary N) is 1. The minimum absolute atomic E-state index is 0. The molecule has 0 aliphatic rings. The molecule has 0 aliphatic carbocycles. The SMILES string of the molecule is O=S(=O)(O)c1cc(O)c2c(N=Nc3ccc(N=Nc4c(S(=O)(=O)O)cc5cc(Nc6ccccc6)ccc5c4O)c4ccccc34)cc(S(=O)(=O)O)cc2c1.[Na+]. The number of rotatable bonds is 9. The van der Waals surface area contributed by atoms with E-state index in [1.807, 2.05) is 30.3 Å². The molecule has 0 spiro atoms. The minimum Gasteiger partial charge on any atom is -0.507 e. The number of phenols is 2. The third-order valence-electron chi connectivity index (χ3n) is 8.34. The van der Waals surface area contributed by atoms with E-state index >= 15 is 0 Å². The molecule has 0 fully saturated rings. The second-order valence-corrected chi connectivity index (χ2v) is 16.2. The molecule has 0 saturated heterocycles. The van der Waals surface area contributed by atoms with Crippen molar-refractivity contribution < 1.29 is 78.7 Å². The van der Waals surface area contributed by atoms with Gasteiger partial charge in [0.25, 0.3) is 30.4 Å². The molecule has 56 heavy (non-hydrogen) atoms. The summed E-state index contributed by atoms with van der Waals surface area (Å²) in [7, 11) is -14.6. The Morgan fingerprint density at radius 1 is 0.482 bits per heavy atom. The van der Waals surface area contributed by atoms with Crippen LogP contribution in [0.1, 0.15) is 0 Å². The van der Waals surface area contributed by atoms with E-state index in [1.54, 1.807) is 42.5 Å². The molecule has 7 aromatic rings. The first-order valence-corrected chi connectivity index (χ1v) is 20.0. The molecule has 0 atom stereocenters. The molecule has 0 amide bonds. The summed E-state index contributed by atoms with van der Waals surface area (Å²) in [5, 5.41) is 42.6. The summed E-state index contributed by atoms with van der Waals surface area (Å²) >= 11 is 0. The van der Waals surface area contributed by atoms with Gasteiger partial charge in [0, 0.05) is 33.6 Å². The predicted molar refractivity (Wildman–Crippen MR) is 203 cm³/mol. The van der Waals surface area contributed by atoms with Crippen LogP contribution in [0.3, 0.4) is 0 Å². The Bertz CT molecular complexity index is 3120. The van der Waals surface area contributed by atoms with Crippen molar-refractivity contribution in [3.63, 3.8) is 0 Å². The Morgan fingerprint density at radius 2 is 1.04 bits per heavy atom. The Morgan fingerprint density at radius 3 is 1.62 bits per heavy atom. The Labute approximate surface area is 340 Å². The summed E-state index contributed by atoms with van der Waals surface area (Å²) in [6.45, 7) is 0. The van der Waals surface area contributed by atoms with Crippen molar-refractivity contribution in [2.45, 2.75) is 14.7 Å². The van der Waals surface area contributed by atoms with Gasteiger partial charge in [-0.3, -0.25) is 13.7 Å². The molecule has 278 valence electrons. The van der Waals surface area contributed by atoms with Crippen LogP contribution in [0.25, 0.3) is 32.3 Å². The summed E-state index contributed by atoms with van der Waals surface area (Å²) in [5.41, 5.74) is 0.897. The molecule has 0 saturated carbocycles. The van der Waals surface area contributed by atoms with E-state index in [0.717, 1.165) is 30.0 Å². The number of nitrogens with zero attached hydrogens (tertiary/aromatic N) is 4. The molecular formula is C36H25N5NaO11S3+. The molecule has 7 rings (SSSR count). The van der Waals surface area contributed by atoms with Gasteiger partial charge in [-0.15, -0.1) is 20.5 Å². The number of azo groups is 2. The zero-order chi connectivity index (χ0) is 39.3. The molecule has 0 aliphatic heterocycles. The van der Waals surface area contributed by atoms with Crippen molar-refractivity contribution in [3.05, 3.63) is 115 Å². The molecule has 7 aromatic carbocycles. The molecule has 0 heterocycles. The van der Waals surface area contributed by atoms with Crippen LogP contribution >= 0.6 is 0 Å². The first-order chi connectivity index (χ1) is 26.0. The van der Waals surface area contributed by atoms with Gasteiger partial charge < -0.3 is 15.5 Å². The normalized spacial score (nSPS) is 12.5. The summed E-state index contributed by atoms with van der Waals surface area (Å²) in [6, 6.07) is 28.0. The first-order valence-electron chi connectivity index (χ1n) is 15.7. The van der Waals surface area contributed by atoms with Crippen molar-refractivity contribution >= 4 is 96.8 Å². The van der Waals surface area contributed by atoms with Gasteiger partial charge >= 0.3 is 29.6 Å². The van der Waals surface area contributed by atoms with Crippen LogP contribution in [0.2, 0.25) is 0 Å². The van der Waals surface area contributed by atoms with Crippen molar-refractivity contribution in [2.75, 3.05) is 5.32 Å². The van der Waals surface area contributed by atoms with Gasteiger partial charge in [-0.25, -0.2) is 0 Å². The number of fused-ring (bicyclic) bond motifs is 3. The van der Waals surface area contributed by atoms with E-state index in [2.05, 4.69) is 25.8 Å². The molecule has 0 unspecified atom stereocenters. The van der Waals surface area contributed by atoms with Gasteiger partial charge in [-0.2, -0.15) is 25.3 Å². The third kappa shape index (κ3) is 8.26. The van der Waals surface area contributed by atoms with E-state index in [9.17, 15) is 49.1 Å². The quantitative estimate of drug-likeness (QED) is 0.0567. The molecule has 0 aromatic heterocycles. The number of aromatic hydroxyl groups is 2. The maximum Gasteiger partial charge on any atom is 1.00 e. The second-order valence-electron chi connectivity index (χ2n) is 12.0. The van der Waals surface area contributed by atoms with Gasteiger partial charge in [0.1, 0.15) is 16.3 Å². The number of hydrogen-bond donors (Lipinski definition) is 6. The van der Waals surface area contributed by atoms with Crippen LogP contribution in [0.15, 0.2) is 150 Å². The number of para-hydroxylation sites is 1. The van der Waals surface area contributed by atoms with E-state index in [4.69, 9.17) is 0 Å². The number of anilines is 2. The Hall–Kier alpha value is -5.35. The molecule has 16 nitrogen and oxygen atoms in total. The van der Waals surface area contributed by atoms with Gasteiger partial charge in [-0.05, 0) is 77.5 Å². The van der Waals surface area contributed by atoms with Crippen LogP contribution in [0.5, 0.6) is 11.5 Å². The smallest absolute Gasteiger partial charge is 0.507 e. The largest absolute Gasteiger partial charge is 1.00 e. The van der Waals surface area contributed by atoms with Gasteiger partial charge in [-0.1, -0.05) is 42.5 Å². The molecule has 0 bridgehead atoms. The van der Waals surface area contributed by atoms with E-state index < -0.39 is 62.2 Å². The zero-order valence-corrected chi connectivity index (χ0v) is 33.1. The number of benzene rings is 7. The topological polar surface area (TPSA) is 265 Å². The average Bonchev–Trinajstić information content (AvgIpc) is 3.12. The summed E-state index contributed by atoms with van der Waals surface area (Å²) in [6.07, 6.45) is 0. The van der Waals surface area contributed by atoms with E-state index in [1.165, 1.54) is 18.2 Å². The summed E-state index contributed by atoms with van der Waals surface area (Å²) in [4.78, 5) is -2.14. The van der Waals surface area contributed by atoms with Crippen molar-refractivity contribution in [1.29, 1.82) is 0 Å². The van der Waals surface area contributed by atoms with Crippen molar-refractivity contribution in [3.8, 4) is 11.5 Å². The molecule has 0 radical (unpaired) electrons. The van der Waals surface area contributed by atoms with Crippen molar-refractivity contribution in [2.24, 2.45) is 20.5 Å². The second kappa shape index (κ2) is 15.3. The maximum atomic E-state index is 12.5. The van der Waals surface area contributed by atoms with Gasteiger partial charge in [0.15, 0.2) is 5.75 Å². The van der Waals surface area contributed by atoms with Crippen LogP contribution in [-0.4, -0.2) is 49.1 Å². The standard InChI is InChI=1S/C36H25N5O11S3.Na/c42-32-19-25(54(47,48)49)16-21-15-24(53(44,45)46)18-31(34(21)32)40-38-29-12-13-30(28-9-5-4-8-27(28)29)39-41-35-33(55(50,51)52)17-20-14-23(10-11-26(20)36(35)43)37-22-6-2-1-3-7-22;/h1-19,37,42-43H,(H,44,45,46)(H,47,48,49)(H,50,51,52);/q;+1. The maximum absolute atomic E-state index is 12.5. The van der Waals surface area contributed by atoms with Crippen LogP contribution < -0.4 is 34.9 Å². The fraction of sp³-hybridized carbons (Fsp3) is 0. The van der Waals surface area contributed by atoms with Crippen LogP contribution in [-0.2, 0) is 30.4 Å². The van der Waals surface area contributed by atoms with Crippen LogP contribution in [0.4, 0.5) is 34.1 Å². The van der Waals surface area contributed by atoms with Gasteiger partial charge in [0.05, 0.1) is 32.2 Å². The fourth-order valence-corrected chi connectivity index (χ4v) is 7.59. The summed E-state index contributed by atoms with van der Waals surface area (Å²) < 4.78 is 102. The van der Waals surface area contributed by atoms with E-state index in [0.29, 0.717) is 16.5 Å².